The topological polar surface area (TPSA) is 25.8 Å². The Morgan fingerprint density at radius 2 is 2.00 bits per heavy atom. The third-order valence-electron chi connectivity index (χ3n) is 1.63. The summed E-state index contributed by atoms with van der Waals surface area (Å²) in [5, 5.41) is 2.06. The molecule has 0 unspecified atom stereocenters. The van der Waals surface area contributed by atoms with Gasteiger partial charge in [0.1, 0.15) is 0 Å². The molecule has 2 rings (SSSR count). The fraction of sp³-hybridized carbons (Fsp3) is 0.111. The van der Waals surface area contributed by atoms with E-state index in [0.29, 0.717) is 0 Å². The lowest BCUT2D eigenvalue weighted by Gasteiger charge is -1.95. The van der Waals surface area contributed by atoms with Gasteiger partial charge >= 0.3 is 0 Å². The van der Waals surface area contributed by atoms with Gasteiger partial charge in [-0.05, 0) is 30.0 Å². The van der Waals surface area contributed by atoms with Crippen molar-refractivity contribution in [2.75, 3.05) is 0 Å². The fourth-order valence-corrected chi connectivity index (χ4v) is 1.89. The van der Waals surface area contributed by atoms with E-state index in [1.165, 1.54) is 5.56 Å². The molecular formula is C9H8N2S. The molecule has 0 saturated carbocycles. The summed E-state index contributed by atoms with van der Waals surface area (Å²) in [7, 11) is 0. The quantitative estimate of drug-likeness (QED) is 0.667. The first kappa shape index (κ1) is 7.43. The second kappa shape index (κ2) is 3.03. The second-order valence-corrected chi connectivity index (χ2v) is 3.42. The van der Waals surface area contributed by atoms with E-state index in [1.54, 1.807) is 23.7 Å². The molecular weight excluding hydrogens is 168 g/mol. The van der Waals surface area contributed by atoms with E-state index >= 15 is 0 Å². The Morgan fingerprint density at radius 1 is 1.25 bits per heavy atom. The Balaban J connectivity index is 2.51. The van der Waals surface area contributed by atoms with Gasteiger partial charge in [0.15, 0.2) is 5.82 Å². The zero-order valence-electron chi connectivity index (χ0n) is 6.69. The van der Waals surface area contributed by atoms with Crippen molar-refractivity contribution >= 4 is 11.3 Å². The van der Waals surface area contributed by atoms with Gasteiger partial charge in [0, 0.05) is 12.4 Å². The Hall–Kier alpha value is -1.22. The minimum Gasteiger partial charge on any atom is -0.236 e. The van der Waals surface area contributed by atoms with Crippen molar-refractivity contribution in [3.63, 3.8) is 0 Å². The van der Waals surface area contributed by atoms with E-state index in [4.69, 9.17) is 0 Å². The maximum Gasteiger partial charge on any atom is 0.169 e. The second-order valence-electron chi connectivity index (χ2n) is 2.51. The van der Waals surface area contributed by atoms with Crippen LogP contribution < -0.4 is 0 Å². The van der Waals surface area contributed by atoms with Crippen LogP contribution in [0, 0.1) is 6.92 Å². The molecule has 0 fully saturated rings. The van der Waals surface area contributed by atoms with Gasteiger partial charge < -0.3 is 0 Å². The molecule has 60 valence electrons. The van der Waals surface area contributed by atoms with E-state index in [-0.39, 0.29) is 0 Å². The molecule has 3 heteroatoms. The molecule has 0 amide bonds. The number of rotatable bonds is 1. The molecule has 2 heterocycles. The summed E-state index contributed by atoms with van der Waals surface area (Å²) < 4.78 is 0. The lowest BCUT2D eigenvalue weighted by molar-refractivity contribution is 1.18. The molecule has 2 aromatic rings. The maximum absolute atomic E-state index is 4.18. The Morgan fingerprint density at radius 3 is 2.58 bits per heavy atom. The zero-order valence-corrected chi connectivity index (χ0v) is 7.51. The van der Waals surface area contributed by atoms with E-state index < -0.39 is 0 Å². The minimum atomic E-state index is 0.824. The molecule has 12 heavy (non-hydrogen) atoms. The smallest absolute Gasteiger partial charge is 0.169 e. The Kier molecular flexibility index (Phi) is 1.87. The molecule has 0 N–H and O–H groups in total. The van der Waals surface area contributed by atoms with Crippen LogP contribution in [0.4, 0.5) is 0 Å². The van der Waals surface area contributed by atoms with E-state index in [9.17, 15) is 0 Å². The van der Waals surface area contributed by atoms with Crippen LogP contribution in [0.15, 0.2) is 29.9 Å². The number of thiophene rings is 1. The van der Waals surface area contributed by atoms with Gasteiger partial charge in [0.05, 0.1) is 4.88 Å². The SMILES string of the molecule is Cc1ccsc1-c1ncccn1. The van der Waals surface area contributed by atoms with Crippen molar-refractivity contribution in [2.24, 2.45) is 0 Å². The van der Waals surface area contributed by atoms with Gasteiger partial charge in [-0.3, -0.25) is 0 Å². The van der Waals surface area contributed by atoms with Crippen molar-refractivity contribution in [2.45, 2.75) is 6.92 Å². The summed E-state index contributed by atoms with van der Waals surface area (Å²) in [5.74, 6) is 0.824. The number of hydrogen-bond acceptors (Lipinski definition) is 3. The first-order valence-electron chi connectivity index (χ1n) is 3.69. The molecule has 0 aliphatic rings. The number of aromatic nitrogens is 2. The summed E-state index contributed by atoms with van der Waals surface area (Å²) >= 11 is 1.68. The largest absolute Gasteiger partial charge is 0.236 e. The van der Waals surface area contributed by atoms with Gasteiger partial charge in [0.25, 0.3) is 0 Å². The molecule has 0 radical (unpaired) electrons. The predicted molar refractivity (Wildman–Crippen MR) is 50.1 cm³/mol. The van der Waals surface area contributed by atoms with Crippen LogP contribution in [0.1, 0.15) is 5.56 Å². The van der Waals surface area contributed by atoms with Gasteiger partial charge in [-0.15, -0.1) is 11.3 Å². The molecule has 0 saturated heterocycles. The molecule has 0 atom stereocenters. The van der Waals surface area contributed by atoms with Crippen LogP contribution >= 0.6 is 11.3 Å². The summed E-state index contributed by atoms with van der Waals surface area (Å²) in [6.07, 6.45) is 3.53. The van der Waals surface area contributed by atoms with Crippen molar-refractivity contribution in [3.05, 3.63) is 35.5 Å². The number of nitrogens with zero attached hydrogens (tertiary/aromatic N) is 2. The highest BCUT2D eigenvalue weighted by atomic mass is 32.1. The highest BCUT2D eigenvalue weighted by Crippen LogP contribution is 2.24. The zero-order chi connectivity index (χ0) is 8.39. The van der Waals surface area contributed by atoms with E-state index in [2.05, 4.69) is 28.3 Å². The first-order chi connectivity index (χ1) is 5.88. The predicted octanol–water partition coefficient (Wildman–Crippen LogP) is 2.51. The van der Waals surface area contributed by atoms with Gasteiger partial charge in [-0.25, -0.2) is 9.97 Å². The van der Waals surface area contributed by atoms with E-state index in [1.807, 2.05) is 6.07 Å². The van der Waals surface area contributed by atoms with Crippen molar-refractivity contribution in [1.82, 2.24) is 9.97 Å². The molecule has 2 aromatic heterocycles. The van der Waals surface area contributed by atoms with Gasteiger partial charge in [0.2, 0.25) is 0 Å². The van der Waals surface area contributed by atoms with Crippen molar-refractivity contribution in [1.29, 1.82) is 0 Å². The standard InChI is InChI=1S/C9H8N2S/c1-7-3-6-12-8(7)9-10-4-2-5-11-9/h2-6H,1H3. The molecule has 2 nitrogen and oxygen atoms in total. The third-order valence-corrected chi connectivity index (χ3v) is 2.64. The Labute approximate surface area is 74.9 Å². The number of hydrogen-bond donors (Lipinski definition) is 0. The van der Waals surface area contributed by atoms with Crippen LogP contribution in [-0.4, -0.2) is 9.97 Å². The third kappa shape index (κ3) is 1.23. The van der Waals surface area contributed by atoms with Crippen molar-refractivity contribution < 1.29 is 0 Å². The molecule has 0 spiro atoms. The summed E-state index contributed by atoms with van der Waals surface area (Å²) in [5.41, 5.74) is 1.24. The average molecular weight is 176 g/mol. The lowest BCUT2D eigenvalue weighted by atomic mass is 10.3. The van der Waals surface area contributed by atoms with Crippen LogP contribution in [0.5, 0.6) is 0 Å². The van der Waals surface area contributed by atoms with Crippen LogP contribution in [0.3, 0.4) is 0 Å². The van der Waals surface area contributed by atoms with E-state index in [0.717, 1.165) is 10.7 Å². The average Bonchev–Trinajstić information content (AvgIpc) is 2.53. The maximum atomic E-state index is 4.18. The van der Waals surface area contributed by atoms with Crippen molar-refractivity contribution in [3.8, 4) is 10.7 Å². The normalized spacial score (nSPS) is 10.1. The molecule has 0 aromatic carbocycles. The number of aryl methyl sites for hydroxylation is 1. The fourth-order valence-electron chi connectivity index (χ4n) is 1.02. The van der Waals surface area contributed by atoms with Gasteiger partial charge in [-0.2, -0.15) is 0 Å². The highest BCUT2D eigenvalue weighted by Gasteiger charge is 2.03. The van der Waals surface area contributed by atoms with Crippen LogP contribution in [0.2, 0.25) is 0 Å². The molecule has 0 bridgehead atoms. The summed E-state index contributed by atoms with van der Waals surface area (Å²) in [6, 6.07) is 3.91. The first-order valence-corrected chi connectivity index (χ1v) is 4.57. The molecule has 0 aliphatic heterocycles. The highest BCUT2D eigenvalue weighted by molar-refractivity contribution is 7.13. The summed E-state index contributed by atoms with van der Waals surface area (Å²) in [6.45, 7) is 2.07. The lowest BCUT2D eigenvalue weighted by Crippen LogP contribution is -1.84. The summed E-state index contributed by atoms with van der Waals surface area (Å²) in [4.78, 5) is 9.53. The Bertz CT molecular complexity index is 367. The molecule has 0 aliphatic carbocycles. The monoisotopic (exact) mass is 176 g/mol. The minimum absolute atomic E-state index is 0.824. The van der Waals surface area contributed by atoms with Crippen LogP contribution in [-0.2, 0) is 0 Å². The van der Waals surface area contributed by atoms with Gasteiger partial charge in [-0.1, -0.05) is 0 Å². The van der Waals surface area contributed by atoms with Crippen LogP contribution in [0.25, 0.3) is 10.7 Å².